The summed E-state index contributed by atoms with van der Waals surface area (Å²) in [5, 5.41) is 0. The second-order valence-corrected chi connectivity index (χ2v) is 7.45. The van der Waals surface area contributed by atoms with E-state index in [1.54, 1.807) is 33.4 Å². The van der Waals surface area contributed by atoms with Gasteiger partial charge in [-0.05, 0) is 98.6 Å². The van der Waals surface area contributed by atoms with E-state index in [-0.39, 0.29) is 0 Å². The highest BCUT2D eigenvalue weighted by atomic mass is 14.2. The molecule has 22 heavy (non-hydrogen) atoms. The summed E-state index contributed by atoms with van der Waals surface area (Å²) in [5.74, 6) is 0.790. The average Bonchev–Trinajstić information content (AvgIpc) is 2.46. The molecule has 0 unspecified atom stereocenters. The van der Waals surface area contributed by atoms with Gasteiger partial charge in [-0.1, -0.05) is 40.5 Å². The lowest BCUT2D eigenvalue weighted by molar-refractivity contribution is 0.583. The second-order valence-electron chi connectivity index (χ2n) is 7.45. The van der Waals surface area contributed by atoms with Crippen LogP contribution in [0.3, 0.4) is 0 Å². The third kappa shape index (κ3) is 4.86. The number of unbranched alkanes of at least 4 members (excludes halogenated alkanes) is 2. The third-order valence-corrected chi connectivity index (χ3v) is 5.25. The molecule has 0 radical (unpaired) electrons. The van der Waals surface area contributed by atoms with Crippen molar-refractivity contribution < 1.29 is 0 Å². The van der Waals surface area contributed by atoms with Gasteiger partial charge in [-0.25, -0.2) is 0 Å². The van der Waals surface area contributed by atoms with Crippen LogP contribution in [-0.2, 0) is 19.3 Å². The van der Waals surface area contributed by atoms with Crippen LogP contribution in [0.25, 0.3) is 0 Å². The van der Waals surface area contributed by atoms with E-state index >= 15 is 0 Å². The van der Waals surface area contributed by atoms with Crippen LogP contribution >= 0.6 is 0 Å². The van der Waals surface area contributed by atoms with Crippen molar-refractivity contribution in [2.24, 2.45) is 5.92 Å². The molecule has 0 atom stereocenters. The van der Waals surface area contributed by atoms with Crippen LogP contribution in [0.5, 0.6) is 0 Å². The minimum absolute atomic E-state index is 0.790. The topological polar surface area (TPSA) is 0 Å². The first kappa shape index (κ1) is 19.3. The predicted molar refractivity (Wildman–Crippen MR) is 101 cm³/mol. The molecule has 0 amide bonds. The van der Waals surface area contributed by atoms with Crippen molar-refractivity contribution in [2.75, 3.05) is 0 Å². The highest BCUT2D eigenvalue weighted by Gasteiger charge is 2.16. The minimum atomic E-state index is 0.790. The summed E-state index contributed by atoms with van der Waals surface area (Å²) in [6, 6.07) is 0. The smallest absolute Gasteiger partial charge is 0.0271 e. The molecule has 0 nitrogen and oxygen atoms in total. The van der Waals surface area contributed by atoms with Crippen molar-refractivity contribution in [3.63, 3.8) is 0 Å². The zero-order valence-corrected chi connectivity index (χ0v) is 16.2. The molecular weight excluding hydrogens is 264 g/mol. The first-order chi connectivity index (χ1) is 10.4. The molecule has 1 aromatic carbocycles. The van der Waals surface area contributed by atoms with Gasteiger partial charge in [-0.3, -0.25) is 0 Å². The van der Waals surface area contributed by atoms with Crippen LogP contribution in [0, 0.1) is 26.7 Å². The number of rotatable bonds is 9. The molecule has 126 valence electrons. The average molecular weight is 303 g/mol. The van der Waals surface area contributed by atoms with Crippen LogP contribution in [0.2, 0.25) is 0 Å². The van der Waals surface area contributed by atoms with E-state index in [1.165, 1.54) is 51.4 Å². The highest BCUT2D eigenvalue weighted by molar-refractivity contribution is 5.51. The van der Waals surface area contributed by atoms with E-state index in [9.17, 15) is 0 Å². The van der Waals surface area contributed by atoms with Crippen molar-refractivity contribution in [2.45, 2.75) is 99.8 Å². The summed E-state index contributed by atoms with van der Waals surface area (Å²) in [7, 11) is 0. The molecule has 0 aliphatic heterocycles. The van der Waals surface area contributed by atoms with Gasteiger partial charge in [-0.15, -0.1) is 0 Å². The van der Waals surface area contributed by atoms with Crippen molar-refractivity contribution in [3.8, 4) is 0 Å². The van der Waals surface area contributed by atoms with Crippen molar-refractivity contribution >= 4 is 0 Å². The minimum Gasteiger partial charge on any atom is -0.0654 e. The van der Waals surface area contributed by atoms with Gasteiger partial charge in [0.25, 0.3) is 0 Å². The van der Waals surface area contributed by atoms with E-state index in [1.807, 2.05) is 0 Å². The van der Waals surface area contributed by atoms with Crippen LogP contribution in [0.1, 0.15) is 93.2 Å². The maximum Gasteiger partial charge on any atom is -0.0271 e. The molecular formula is C22H38. The summed E-state index contributed by atoms with van der Waals surface area (Å²) < 4.78 is 0. The fraction of sp³-hybridized carbons (Fsp3) is 0.727. The largest absolute Gasteiger partial charge is 0.0654 e. The molecule has 0 heterocycles. The van der Waals surface area contributed by atoms with Gasteiger partial charge in [0.2, 0.25) is 0 Å². The maximum atomic E-state index is 2.38. The van der Waals surface area contributed by atoms with E-state index in [0.29, 0.717) is 0 Å². The standard InChI is InChI=1S/C22H38/c1-8-10-12-20-17(5)21(13-11-9-2)19(7)22(18(20)6)15-14-16(3)4/h16H,8-15H2,1-7H3. The zero-order chi connectivity index (χ0) is 16.7. The predicted octanol–water partition coefficient (Wildman–Crippen LogP) is 6.89. The van der Waals surface area contributed by atoms with E-state index < -0.39 is 0 Å². The molecule has 0 saturated carbocycles. The normalized spacial score (nSPS) is 11.5. The number of benzene rings is 1. The molecule has 0 saturated heterocycles. The Kier molecular flexibility index (Phi) is 8.21. The Morgan fingerprint density at radius 2 is 1.00 bits per heavy atom. The van der Waals surface area contributed by atoms with Gasteiger partial charge in [-0.2, -0.15) is 0 Å². The van der Waals surface area contributed by atoms with Crippen LogP contribution in [-0.4, -0.2) is 0 Å². The fourth-order valence-corrected chi connectivity index (χ4v) is 3.66. The second kappa shape index (κ2) is 9.38. The Morgan fingerprint density at radius 3 is 1.32 bits per heavy atom. The number of hydrogen-bond acceptors (Lipinski definition) is 0. The summed E-state index contributed by atoms with van der Waals surface area (Å²) in [6.45, 7) is 16.4. The highest BCUT2D eigenvalue weighted by Crippen LogP contribution is 2.31. The summed E-state index contributed by atoms with van der Waals surface area (Å²) in [4.78, 5) is 0. The lowest BCUT2D eigenvalue weighted by Crippen LogP contribution is -2.09. The third-order valence-electron chi connectivity index (χ3n) is 5.25. The van der Waals surface area contributed by atoms with Crippen LogP contribution in [0.15, 0.2) is 0 Å². The van der Waals surface area contributed by atoms with E-state index in [0.717, 1.165) is 5.92 Å². The van der Waals surface area contributed by atoms with Gasteiger partial charge in [0.15, 0.2) is 0 Å². The summed E-state index contributed by atoms with van der Waals surface area (Å²) >= 11 is 0. The molecule has 1 rings (SSSR count). The molecule has 0 N–H and O–H groups in total. The van der Waals surface area contributed by atoms with Crippen molar-refractivity contribution in [1.82, 2.24) is 0 Å². The van der Waals surface area contributed by atoms with E-state index in [2.05, 4.69) is 48.5 Å². The lowest BCUT2D eigenvalue weighted by Gasteiger charge is -2.23. The first-order valence-electron chi connectivity index (χ1n) is 9.54. The lowest BCUT2D eigenvalue weighted by atomic mass is 9.82. The summed E-state index contributed by atoms with van der Waals surface area (Å²) in [5.41, 5.74) is 9.80. The Bertz CT molecular complexity index is 430. The van der Waals surface area contributed by atoms with Gasteiger partial charge >= 0.3 is 0 Å². The van der Waals surface area contributed by atoms with Gasteiger partial charge < -0.3 is 0 Å². The molecule has 0 aliphatic carbocycles. The maximum absolute atomic E-state index is 2.38. The van der Waals surface area contributed by atoms with Gasteiger partial charge in [0.05, 0.1) is 0 Å². The van der Waals surface area contributed by atoms with Crippen LogP contribution in [0.4, 0.5) is 0 Å². The van der Waals surface area contributed by atoms with Crippen molar-refractivity contribution in [3.05, 3.63) is 33.4 Å². The van der Waals surface area contributed by atoms with Gasteiger partial charge in [0, 0.05) is 0 Å². The van der Waals surface area contributed by atoms with E-state index in [4.69, 9.17) is 0 Å². The summed E-state index contributed by atoms with van der Waals surface area (Å²) in [6.07, 6.45) is 10.3. The van der Waals surface area contributed by atoms with Crippen LogP contribution < -0.4 is 0 Å². The molecule has 0 spiro atoms. The van der Waals surface area contributed by atoms with Crippen molar-refractivity contribution in [1.29, 1.82) is 0 Å². The SMILES string of the molecule is CCCCc1c(C)c(CCCC)c(C)c(CCC(C)C)c1C. The molecule has 0 heteroatoms. The Morgan fingerprint density at radius 1 is 0.636 bits per heavy atom. The molecule has 0 aromatic heterocycles. The first-order valence-corrected chi connectivity index (χ1v) is 9.54. The number of hydrogen-bond donors (Lipinski definition) is 0. The Hall–Kier alpha value is -0.780. The molecule has 0 fully saturated rings. The Balaban J connectivity index is 3.27. The quantitative estimate of drug-likeness (QED) is 0.466. The molecule has 0 aliphatic rings. The Labute approximate surface area is 139 Å². The molecule has 1 aromatic rings. The zero-order valence-electron chi connectivity index (χ0n) is 16.2. The fourth-order valence-electron chi connectivity index (χ4n) is 3.66. The monoisotopic (exact) mass is 302 g/mol. The van der Waals surface area contributed by atoms with Gasteiger partial charge in [0.1, 0.15) is 0 Å². The molecule has 0 bridgehead atoms.